The van der Waals surface area contributed by atoms with E-state index in [1.165, 1.54) is 0 Å². The number of benzene rings is 1. The maximum Gasteiger partial charge on any atom is 0.251 e. The molecule has 2 aromatic rings. The van der Waals surface area contributed by atoms with Crippen LogP contribution in [-0.2, 0) is 0 Å². The summed E-state index contributed by atoms with van der Waals surface area (Å²) in [4.78, 5) is 16.0. The number of pyridine rings is 1. The van der Waals surface area contributed by atoms with E-state index in [-0.39, 0.29) is 5.91 Å². The normalized spacial score (nSPS) is 13.9. The topological polar surface area (TPSA) is 54.0 Å². The monoisotopic (exact) mass is 253 g/mol. The van der Waals surface area contributed by atoms with Crippen molar-refractivity contribution < 1.29 is 4.79 Å². The van der Waals surface area contributed by atoms with Crippen LogP contribution in [0.3, 0.4) is 0 Å². The molecule has 0 aliphatic heterocycles. The maximum atomic E-state index is 11.9. The number of hydrogen-bond donors (Lipinski definition) is 2. The van der Waals surface area contributed by atoms with Crippen LogP contribution in [0.15, 0.2) is 48.8 Å². The van der Waals surface area contributed by atoms with E-state index >= 15 is 0 Å². The fourth-order valence-electron chi connectivity index (χ4n) is 1.84. The lowest BCUT2D eigenvalue weighted by Crippen LogP contribution is -2.25. The van der Waals surface area contributed by atoms with Gasteiger partial charge in [0.25, 0.3) is 5.91 Å². The second-order valence-corrected chi connectivity index (χ2v) is 4.70. The summed E-state index contributed by atoms with van der Waals surface area (Å²) in [5, 5.41) is 6.21. The van der Waals surface area contributed by atoms with E-state index in [4.69, 9.17) is 0 Å². The van der Waals surface area contributed by atoms with Gasteiger partial charge >= 0.3 is 0 Å². The summed E-state index contributed by atoms with van der Waals surface area (Å²) in [6, 6.07) is 11.7. The van der Waals surface area contributed by atoms with Gasteiger partial charge < -0.3 is 10.6 Å². The van der Waals surface area contributed by atoms with Crippen LogP contribution in [0.5, 0.6) is 0 Å². The van der Waals surface area contributed by atoms with Gasteiger partial charge in [-0.15, -0.1) is 0 Å². The molecular formula is C15H15N3O. The molecule has 2 N–H and O–H groups in total. The SMILES string of the molecule is O=C(NC1CC1)c1cccc(Nc2cccnc2)c1. The van der Waals surface area contributed by atoms with E-state index in [2.05, 4.69) is 15.6 Å². The minimum Gasteiger partial charge on any atom is -0.354 e. The highest BCUT2D eigenvalue weighted by Gasteiger charge is 2.23. The molecule has 0 atom stereocenters. The fourth-order valence-corrected chi connectivity index (χ4v) is 1.84. The molecule has 3 rings (SSSR count). The number of nitrogens with zero attached hydrogens (tertiary/aromatic N) is 1. The molecule has 1 heterocycles. The zero-order valence-electron chi connectivity index (χ0n) is 10.5. The molecule has 0 bridgehead atoms. The average molecular weight is 253 g/mol. The summed E-state index contributed by atoms with van der Waals surface area (Å²) in [5.74, 6) is -0.00247. The van der Waals surface area contributed by atoms with Gasteiger partial charge in [0.05, 0.1) is 11.9 Å². The maximum absolute atomic E-state index is 11.9. The number of hydrogen-bond acceptors (Lipinski definition) is 3. The Morgan fingerprint density at radius 3 is 2.74 bits per heavy atom. The summed E-state index contributed by atoms with van der Waals surface area (Å²) in [6.45, 7) is 0. The number of anilines is 2. The van der Waals surface area contributed by atoms with Gasteiger partial charge in [0.15, 0.2) is 0 Å². The number of carbonyl (C=O) groups excluding carboxylic acids is 1. The lowest BCUT2D eigenvalue weighted by molar-refractivity contribution is 0.0951. The van der Waals surface area contributed by atoms with Crippen molar-refractivity contribution in [2.24, 2.45) is 0 Å². The Labute approximate surface area is 111 Å². The Hall–Kier alpha value is -2.36. The van der Waals surface area contributed by atoms with Crippen LogP contribution in [0.4, 0.5) is 11.4 Å². The number of aromatic nitrogens is 1. The van der Waals surface area contributed by atoms with Crippen LogP contribution >= 0.6 is 0 Å². The summed E-state index contributed by atoms with van der Waals surface area (Å²) >= 11 is 0. The molecule has 0 radical (unpaired) electrons. The van der Waals surface area contributed by atoms with Crippen molar-refractivity contribution >= 4 is 17.3 Å². The van der Waals surface area contributed by atoms with Gasteiger partial charge in [0.2, 0.25) is 0 Å². The lowest BCUT2D eigenvalue weighted by atomic mass is 10.2. The molecule has 1 amide bonds. The first kappa shape index (κ1) is 11.7. The molecule has 4 nitrogen and oxygen atoms in total. The molecule has 1 aromatic carbocycles. The van der Waals surface area contributed by atoms with E-state index in [1.807, 2.05) is 36.4 Å². The Bertz CT molecular complexity index is 579. The van der Waals surface area contributed by atoms with Crippen LogP contribution in [0.25, 0.3) is 0 Å². The number of amides is 1. The third-order valence-electron chi connectivity index (χ3n) is 2.99. The van der Waals surface area contributed by atoms with Crippen LogP contribution in [0, 0.1) is 0 Å². The summed E-state index contributed by atoms with van der Waals surface area (Å²) in [7, 11) is 0. The smallest absolute Gasteiger partial charge is 0.251 e. The summed E-state index contributed by atoms with van der Waals surface area (Å²) in [6.07, 6.45) is 5.67. The first-order valence-electron chi connectivity index (χ1n) is 6.39. The minimum atomic E-state index is -0.00247. The summed E-state index contributed by atoms with van der Waals surface area (Å²) < 4.78 is 0. The van der Waals surface area contributed by atoms with E-state index in [1.54, 1.807) is 12.4 Å². The van der Waals surface area contributed by atoms with Crippen LogP contribution in [-0.4, -0.2) is 16.9 Å². The van der Waals surface area contributed by atoms with Crippen molar-refractivity contribution in [3.63, 3.8) is 0 Å². The number of rotatable bonds is 4. The molecule has 0 spiro atoms. The van der Waals surface area contributed by atoms with Gasteiger partial charge in [0.1, 0.15) is 0 Å². The Kier molecular flexibility index (Phi) is 3.14. The van der Waals surface area contributed by atoms with E-state index < -0.39 is 0 Å². The molecule has 96 valence electrons. The van der Waals surface area contributed by atoms with Gasteiger partial charge in [-0.3, -0.25) is 9.78 Å². The molecular weight excluding hydrogens is 238 g/mol. The van der Waals surface area contributed by atoms with Gasteiger partial charge in [-0.2, -0.15) is 0 Å². The van der Waals surface area contributed by atoms with E-state index in [0.717, 1.165) is 24.2 Å². The standard InChI is InChI=1S/C15H15N3O/c19-15(18-12-6-7-12)11-3-1-4-13(9-11)17-14-5-2-8-16-10-14/h1-5,8-10,12,17H,6-7H2,(H,18,19). The molecule has 1 aromatic heterocycles. The van der Waals surface area contributed by atoms with Gasteiger partial charge in [-0.25, -0.2) is 0 Å². The van der Waals surface area contributed by atoms with Crippen molar-refractivity contribution in [2.75, 3.05) is 5.32 Å². The van der Waals surface area contributed by atoms with Gasteiger partial charge in [-0.05, 0) is 43.2 Å². The second-order valence-electron chi connectivity index (χ2n) is 4.70. The Balaban J connectivity index is 1.73. The zero-order chi connectivity index (χ0) is 13.1. The van der Waals surface area contributed by atoms with E-state index in [9.17, 15) is 4.79 Å². The lowest BCUT2D eigenvalue weighted by Gasteiger charge is -2.08. The molecule has 4 heteroatoms. The first-order chi connectivity index (χ1) is 9.31. The highest BCUT2D eigenvalue weighted by atomic mass is 16.1. The quantitative estimate of drug-likeness (QED) is 0.880. The van der Waals surface area contributed by atoms with Crippen molar-refractivity contribution in [1.29, 1.82) is 0 Å². The zero-order valence-corrected chi connectivity index (χ0v) is 10.5. The van der Waals surface area contributed by atoms with Crippen molar-refractivity contribution in [2.45, 2.75) is 18.9 Å². The number of nitrogens with one attached hydrogen (secondary N) is 2. The van der Waals surface area contributed by atoms with Crippen molar-refractivity contribution in [1.82, 2.24) is 10.3 Å². The molecule has 0 unspecified atom stereocenters. The third kappa shape index (κ3) is 3.10. The Morgan fingerprint density at radius 1 is 1.16 bits per heavy atom. The predicted octanol–water partition coefficient (Wildman–Crippen LogP) is 2.72. The highest BCUT2D eigenvalue weighted by molar-refractivity contribution is 5.95. The minimum absolute atomic E-state index is 0.00247. The summed E-state index contributed by atoms with van der Waals surface area (Å²) in [5.41, 5.74) is 2.47. The largest absolute Gasteiger partial charge is 0.354 e. The van der Waals surface area contributed by atoms with E-state index in [0.29, 0.717) is 11.6 Å². The molecule has 19 heavy (non-hydrogen) atoms. The Morgan fingerprint density at radius 2 is 2.00 bits per heavy atom. The first-order valence-corrected chi connectivity index (χ1v) is 6.39. The average Bonchev–Trinajstić information content (AvgIpc) is 3.24. The van der Waals surface area contributed by atoms with Gasteiger partial charge in [-0.1, -0.05) is 6.07 Å². The van der Waals surface area contributed by atoms with Crippen molar-refractivity contribution in [3.05, 3.63) is 54.4 Å². The predicted molar refractivity (Wildman–Crippen MR) is 74.4 cm³/mol. The van der Waals surface area contributed by atoms with Gasteiger partial charge in [0, 0.05) is 23.5 Å². The highest BCUT2D eigenvalue weighted by Crippen LogP contribution is 2.21. The fraction of sp³-hybridized carbons (Fsp3) is 0.200. The number of carbonyl (C=O) groups is 1. The van der Waals surface area contributed by atoms with Crippen molar-refractivity contribution in [3.8, 4) is 0 Å². The second kappa shape index (κ2) is 5.10. The molecule has 1 aliphatic carbocycles. The molecule has 1 saturated carbocycles. The third-order valence-corrected chi connectivity index (χ3v) is 2.99. The van der Waals surface area contributed by atoms with Crippen LogP contribution in [0.1, 0.15) is 23.2 Å². The molecule has 1 fully saturated rings. The van der Waals surface area contributed by atoms with Crippen LogP contribution < -0.4 is 10.6 Å². The molecule has 0 saturated heterocycles. The van der Waals surface area contributed by atoms with Crippen LogP contribution in [0.2, 0.25) is 0 Å². The molecule has 1 aliphatic rings.